The van der Waals surface area contributed by atoms with E-state index in [1.807, 2.05) is 0 Å². The van der Waals surface area contributed by atoms with Crippen molar-refractivity contribution in [3.8, 4) is 17.6 Å². The van der Waals surface area contributed by atoms with Gasteiger partial charge in [-0.05, 0) is 18.2 Å². The van der Waals surface area contributed by atoms with Crippen molar-refractivity contribution >= 4 is 11.7 Å². The smallest absolute Gasteiger partial charge is 0.230 e. The van der Waals surface area contributed by atoms with E-state index in [0.717, 1.165) is 0 Å². The van der Waals surface area contributed by atoms with Gasteiger partial charge >= 0.3 is 0 Å². The van der Waals surface area contributed by atoms with Gasteiger partial charge in [-0.1, -0.05) is 30.0 Å². The fourth-order valence-corrected chi connectivity index (χ4v) is 1.74. The van der Waals surface area contributed by atoms with Crippen molar-refractivity contribution in [3.63, 3.8) is 0 Å². The van der Waals surface area contributed by atoms with Crippen LogP contribution in [-0.4, -0.2) is 27.7 Å². The summed E-state index contributed by atoms with van der Waals surface area (Å²) in [5.74, 6) is 5.44. The lowest BCUT2D eigenvalue weighted by Gasteiger charge is -2.06. The van der Waals surface area contributed by atoms with Gasteiger partial charge in [0, 0.05) is 17.3 Å². The van der Waals surface area contributed by atoms with Crippen LogP contribution < -0.4 is 5.32 Å². The van der Waals surface area contributed by atoms with E-state index >= 15 is 0 Å². The number of phenols is 1. The highest BCUT2D eigenvalue weighted by Gasteiger charge is 2.08. The van der Waals surface area contributed by atoms with Crippen molar-refractivity contribution in [1.82, 2.24) is 4.98 Å². The van der Waals surface area contributed by atoms with Crippen LogP contribution >= 0.6 is 0 Å². The number of nitrogens with one attached hydrogen (secondary N) is 1. The van der Waals surface area contributed by atoms with Crippen LogP contribution in [0.4, 0.5) is 5.82 Å². The maximum absolute atomic E-state index is 11.9. The molecule has 0 aliphatic carbocycles. The van der Waals surface area contributed by atoms with Gasteiger partial charge in [-0.25, -0.2) is 4.98 Å². The molecule has 0 aliphatic heterocycles. The molecule has 0 spiro atoms. The van der Waals surface area contributed by atoms with Crippen LogP contribution in [-0.2, 0) is 11.2 Å². The van der Waals surface area contributed by atoms with Gasteiger partial charge in [-0.3, -0.25) is 4.79 Å². The van der Waals surface area contributed by atoms with Crippen LogP contribution in [0.25, 0.3) is 0 Å². The minimum Gasteiger partial charge on any atom is -0.508 e. The van der Waals surface area contributed by atoms with Crippen LogP contribution in [0.5, 0.6) is 5.75 Å². The summed E-state index contributed by atoms with van der Waals surface area (Å²) in [6.07, 6.45) is 1.58. The van der Waals surface area contributed by atoms with Crippen molar-refractivity contribution in [2.24, 2.45) is 0 Å². The molecule has 21 heavy (non-hydrogen) atoms. The molecule has 1 amide bonds. The number of rotatable bonds is 3. The van der Waals surface area contributed by atoms with Crippen molar-refractivity contribution < 1.29 is 15.0 Å². The number of hydrogen-bond donors (Lipinski definition) is 3. The molecule has 0 aliphatic rings. The first-order valence-electron chi connectivity index (χ1n) is 6.31. The Hall–Kier alpha value is -2.84. The minimum atomic E-state index is -0.281. The number of carbonyl (C=O) groups is 1. The number of para-hydroxylation sites is 1. The number of aromatic nitrogens is 1. The largest absolute Gasteiger partial charge is 0.508 e. The van der Waals surface area contributed by atoms with Gasteiger partial charge < -0.3 is 15.5 Å². The van der Waals surface area contributed by atoms with Gasteiger partial charge in [-0.2, -0.15) is 0 Å². The fourth-order valence-electron chi connectivity index (χ4n) is 1.74. The zero-order valence-electron chi connectivity index (χ0n) is 11.2. The molecule has 1 heterocycles. The SMILES string of the molecule is O=C(Cc1ccccc1O)Nc1cc(C#CCO)ccn1. The Morgan fingerprint density at radius 2 is 2.10 bits per heavy atom. The second kappa shape index (κ2) is 7.08. The van der Waals surface area contributed by atoms with Crippen LogP contribution in [0.3, 0.4) is 0 Å². The lowest BCUT2D eigenvalue weighted by Crippen LogP contribution is -2.15. The molecule has 0 atom stereocenters. The van der Waals surface area contributed by atoms with Crippen molar-refractivity contribution in [3.05, 3.63) is 53.7 Å². The fraction of sp³-hybridized carbons (Fsp3) is 0.125. The molecule has 2 rings (SSSR count). The molecular formula is C16H14N2O3. The minimum absolute atomic E-state index is 0.0564. The number of aliphatic hydroxyl groups is 1. The maximum Gasteiger partial charge on any atom is 0.230 e. The molecule has 0 unspecified atom stereocenters. The van der Waals surface area contributed by atoms with E-state index in [1.54, 1.807) is 30.3 Å². The second-order valence-corrected chi connectivity index (χ2v) is 4.24. The molecule has 106 valence electrons. The summed E-state index contributed by atoms with van der Waals surface area (Å²) in [6.45, 7) is -0.225. The Bertz CT molecular complexity index is 702. The van der Waals surface area contributed by atoms with Crippen LogP contribution in [0, 0.1) is 11.8 Å². The summed E-state index contributed by atoms with van der Waals surface area (Å²) in [5, 5.41) is 20.9. The molecular weight excluding hydrogens is 268 g/mol. The molecule has 0 saturated heterocycles. The van der Waals surface area contributed by atoms with E-state index in [2.05, 4.69) is 22.1 Å². The average molecular weight is 282 g/mol. The molecule has 0 radical (unpaired) electrons. The Kier molecular flexibility index (Phi) is 4.91. The number of anilines is 1. The Balaban J connectivity index is 2.04. The van der Waals surface area contributed by atoms with E-state index in [9.17, 15) is 9.90 Å². The summed E-state index contributed by atoms with van der Waals surface area (Å²) in [4.78, 5) is 15.9. The Morgan fingerprint density at radius 3 is 2.86 bits per heavy atom. The zero-order chi connectivity index (χ0) is 15.1. The van der Waals surface area contributed by atoms with Gasteiger partial charge in [0.25, 0.3) is 0 Å². The van der Waals surface area contributed by atoms with E-state index in [1.165, 1.54) is 12.3 Å². The van der Waals surface area contributed by atoms with E-state index in [-0.39, 0.29) is 24.7 Å². The highest BCUT2D eigenvalue weighted by molar-refractivity contribution is 5.91. The van der Waals surface area contributed by atoms with Gasteiger partial charge in [0.1, 0.15) is 18.2 Å². The number of aromatic hydroxyl groups is 1. The van der Waals surface area contributed by atoms with E-state index in [0.29, 0.717) is 16.9 Å². The van der Waals surface area contributed by atoms with Gasteiger partial charge in [0.15, 0.2) is 0 Å². The van der Waals surface area contributed by atoms with Gasteiger partial charge in [0.05, 0.1) is 6.42 Å². The molecule has 3 N–H and O–H groups in total. The number of pyridine rings is 1. The number of amides is 1. The first-order valence-corrected chi connectivity index (χ1v) is 6.31. The molecule has 0 saturated carbocycles. The molecule has 0 fully saturated rings. The highest BCUT2D eigenvalue weighted by atomic mass is 16.3. The summed E-state index contributed by atoms with van der Waals surface area (Å²) < 4.78 is 0. The zero-order valence-corrected chi connectivity index (χ0v) is 11.2. The van der Waals surface area contributed by atoms with Gasteiger partial charge in [0.2, 0.25) is 5.91 Å². The molecule has 2 aromatic rings. The van der Waals surface area contributed by atoms with Crippen LogP contribution in [0.2, 0.25) is 0 Å². The van der Waals surface area contributed by atoms with E-state index < -0.39 is 0 Å². The van der Waals surface area contributed by atoms with Crippen molar-refractivity contribution in [2.45, 2.75) is 6.42 Å². The lowest BCUT2D eigenvalue weighted by molar-refractivity contribution is -0.115. The molecule has 5 nitrogen and oxygen atoms in total. The molecule has 1 aromatic heterocycles. The number of nitrogens with zero attached hydrogens (tertiary/aromatic N) is 1. The molecule has 1 aromatic carbocycles. The summed E-state index contributed by atoms with van der Waals surface area (Å²) in [6, 6.07) is 9.97. The predicted octanol–water partition coefficient (Wildman–Crippen LogP) is 1.31. The third-order valence-electron chi connectivity index (χ3n) is 2.68. The first kappa shape index (κ1) is 14.6. The standard InChI is InChI=1S/C16H14N2O3/c19-9-3-4-12-7-8-17-15(10-12)18-16(21)11-13-5-1-2-6-14(13)20/h1-2,5-8,10,19-20H,9,11H2,(H,17,18,21). The normalized spacial score (nSPS) is 9.57. The number of phenolic OH excluding ortho intramolecular Hbond substituents is 1. The Morgan fingerprint density at radius 1 is 1.29 bits per heavy atom. The second-order valence-electron chi connectivity index (χ2n) is 4.24. The third kappa shape index (κ3) is 4.34. The number of carbonyl (C=O) groups excluding carboxylic acids is 1. The van der Waals surface area contributed by atoms with Crippen LogP contribution in [0.1, 0.15) is 11.1 Å². The predicted molar refractivity (Wildman–Crippen MR) is 78.6 cm³/mol. The quantitative estimate of drug-likeness (QED) is 0.741. The number of benzene rings is 1. The summed E-state index contributed by atoms with van der Waals surface area (Å²) >= 11 is 0. The van der Waals surface area contributed by atoms with E-state index in [4.69, 9.17) is 5.11 Å². The van der Waals surface area contributed by atoms with Crippen molar-refractivity contribution in [2.75, 3.05) is 11.9 Å². The summed E-state index contributed by atoms with van der Waals surface area (Å²) in [7, 11) is 0. The Labute approximate surface area is 122 Å². The lowest BCUT2D eigenvalue weighted by atomic mass is 10.1. The molecule has 0 bridgehead atoms. The van der Waals surface area contributed by atoms with Crippen LogP contribution in [0.15, 0.2) is 42.6 Å². The average Bonchev–Trinajstić information content (AvgIpc) is 2.48. The monoisotopic (exact) mass is 282 g/mol. The highest BCUT2D eigenvalue weighted by Crippen LogP contribution is 2.16. The number of hydrogen-bond acceptors (Lipinski definition) is 4. The summed E-state index contributed by atoms with van der Waals surface area (Å²) in [5.41, 5.74) is 1.20. The molecule has 5 heteroatoms. The maximum atomic E-state index is 11.9. The third-order valence-corrected chi connectivity index (χ3v) is 2.68. The van der Waals surface area contributed by atoms with Gasteiger partial charge in [-0.15, -0.1) is 0 Å². The number of aliphatic hydroxyl groups excluding tert-OH is 1. The first-order chi connectivity index (χ1) is 10.2. The topological polar surface area (TPSA) is 82.5 Å². The van der Waals surface area contributed by atoms with Crippen molar-refractivity contribution in [1.29, 1.82) is 0 Å².